The maximum atomic E-state index is 5.97. The molecule has 1 aliphatic heterocycles. The smallest absolute Gasteiger partial charge is 0.193 e. The summed E-state index contributed by atoms with van der Waals surface area (Å²) in [6, 6.07) is 8.93. The lowest BCUT2D eigenvalue weighted by Gasteiger charge is -2.23. The van der Waals surface area contributed by atoms with E-state index in [0.717, 1.165) is 36.7 Å². The van der Waals surface area contributed by atoms with Crippen LogP contribution in [0.1, 0.15) is 31.7 Å². The van der Waals surface area contributed by atoms with E-state index in [1.54, 1.807) is 0 Å². The molecule has 6 heteroatoms. The zero-order chi connectivity index (χ0) is 16.9. The summed E-state index contributed by atoms with van der Waals surface area (Å²) in [6.07, 6.45) is 4.10. The Hall–Kier alpha value is -0.530. The van der Waals surface area contributed by atoms with Crippen LogP contribution in [0.25, 0.3) is 0 Å². The van der Waals surface area contributed by atoms with E-state index in [9.17, 15) is 0 Å². The Labute approximate surface area is 174 Å². The average molecular weight is 477 g/mol. The predicted octanol–water partition coefficient (Wildman–Crippen LogP) is 3.84. The van der Waals surface area contributed by atoms with Gasteiger partial charge in [-0.05, 0) is 56.3 Å². The summed E-state index contributed by atoms with van der Waals surface area (Å²) in [5, 5.41) is 4.20. The molecule has 0 amide bonds. The Morgan fingerprint density at radius 3 is 2.64 bits per heavy atom. The molecule has 1 saturated heterocycles. The van der Waals surface area contributed by atoms with Crippen molar-refractivity contribution in [1.29, 1.82) is 0 Å². The second kappa shape index (κ2) is 9.97. The molecule has 1 atom stereocenters. The standard InChI is InChI=1S/C19H29ClN4.HI/c1-3-21-19(23(2)13-15-4-6-17(20)7-5-15)22-12-16-10-11-24(14-16)18-8-9-18;/h4-7,16,18H,3,8-14H2,1-2H3,(H,21,22);1H. The Morgan fingerprint density at radius 1 is 1.28 bits per heavy atom. The molecule has 0 spiro atoms. The van der Waals surface area contributed by atoms with E-state index >= 15 is 0 Å². The molecule has 0 bridgehead atoms. The van der Waals surface area contributed by atoms with Gasteiger partial charge in [0, 0.05) is 44.3 Å². The molecule has 2 fully saturated rings. The summed E-state index contributed by atoms with van der Waals surface area (Å²) in [7, 11) is 2.10. The third-order valence-electron chi connectivity index (χ3n) is 4.91. The molecule has 140 valence electrons. The van der Waals surface area contributed by atoms with Gasteiger partial charge < -0.3 is 15.1 Å². The zero-order valence-corrected chi connectivity index (χ0v) is 18.3. The van der Waals surface area contributed by atoms with Crippen molar-refractivity contribution in [2.75, 3.05) is 33.2 Å². The van der Waals surface area contributed by atoms with Crippen molar-refractivity contribution in [3.63, 3.8) is 0 Å². The molecule has 25 heavy (non-hydrogen) atoms. The van der Waals surface area contributed by atoms with Crippen LogP contribution in [0, 0.1) is 5.92 Å². The van der Waals surface area contributed by atoms with Gasteiger partial charge in [-0.2, -0.15) is 0 Å². The lowest BCUT2D eigenvalue weighted by atomic mass is 10.1. The molecule has 1 aromatic carbocycles. The molecule has 1 unspecified atom stereocenters. The number of aliphatic imine (C=N–C) groups is 1. The quantitative estimate of drug-likeness (QED) is 0.384. The van der Waals surface area contributed by atoms with Gasteiger partial charge in [-0.25, -0.2) is 0 Å². The van der Waals surface area contributed by atoms with Gasteiger partial charge in [-0.1, -0.05) is 23.7 Å². The van der Waals surface area contributed by atoms with Crippen LogP contribution >= 0.6 is 35.6 Å². The van der Waals surface area contributed by atoms with Gasteiger partial charge in [0.05, 0.1) is 0 Å². The number of guanidine groups is 1. The molecule has 1 saturated carbocycles. The molecule has 4 nitrogen and oxygen atoms in total. The zero-order valence-electron chi connectivity index (χ0n) is 15.2. The van der Waals surface area contributed by atoms with Gasteiger partial charge in [-0.3, -0.25) is 4.99 Å². The molecular formula is C19H30ClIN4. The minimum atomic E-state index is 0. The highest BCUT2D eigenvalue weighted by atomic mass is 127. The van der Waals surface area contributed by atoms with Gasteiger partial charge in [-0.15, -0.1) is 24.0 Å². The topological polar surface area (TPSA) is 30.9 Å². The van der Waals surface area contributed by atoms with Crippen LogP contribution < -0.4 is 5.32 Å². The van der Waals surface area contributed by atoms with E-state index in [4.69, 9.17) is 16.6 Å². The van der Waals surface area contributed by atoms with Crippen LogP contribution in [-0.2, 0) is 6.54 Å². The first kappa shape index (κ1) is 20.8. The van der Waals surface area contributed by atoms with Crippen molar-refractivity contribution >= 4 is 41.5 Å². The Balaban J connectivity index is 0.00000225. The monoisotopic (exact) mass is 476 g/mol. The highest BCUT2D eigenvalue weighted by molar-refractivity contribution is 14.0. The summed E-state index contributed by atoms with van der Waals surface area (Å²) < 4.78 is 0. The summed E-state index contributed by atoms with van der Waals surface area (Å²) >= 11 is 5.97. The Kier molecular flexibility index (Phi) is 8.29. The first-order valence-electron chi connectivity index (χ1n) is 9.13. The fourth-order valence-electron chi connectivity index (χ4n) is 3.41. The van der Waals surface area contributed by atoms with Crippen LogP contribution in [0.4, 0.5) is 0 Å². The first-order valence-corrected chi connectivity index (χ1v) is 9.51. The number of nitrogens with zero attached hydrogens (tertiary/aromatic N) is 3. The second-order valence-corrected chi connectivity index (χ2v) is 7.49. The van der Waals surface area contributed by atoms with Crippen molar-refractivity contribution < 1.29 is 0 Å². The maximum absolute atomic E-state index is 5.97. The van der Waals surface area contributed by atoms with Gasteiger partial charge in [0.2, 0.25) is 0 Å². The molecule has 1 aliphatic carbocycles. The van der Waals surface area contributed by atoms with E-state index in [1.807, 2.05) is 12.1 Å². The van der Waals surface area contributed by atoms with E-state index in [0.29, 0.717) is 5.92 Å². The third kappa shape index (κ3) is 6.29. The second-order valence-electron chi connectivity index (χ2n) is 7.06. The van der Waals surface area contributed by atoms with E-state index in [-0.39, 0.29) is 24.0 Å². The number of likely N-dealkylation sites (tertiary alicyclic amines) is 1. The van der Waals surface area contributed by atoms with Crippen LogP contribution in [0.5, 0.6) is 0 Å². The van der Waals surface area contributed by atoms with Crippen molar-refractivity contribution in [2.24, 2.45) is 10.9 Å². The molecule has 0 radical (unpaired) electrons. The SMILES string of the molecule is CCNC(=NCC1CCN(C2CC2)C1)N(C)Cc1ccc(Cl)cc1.I. The van der Waals surface area contributed by atoms with Crippen LogP contribution in [0.15, 0.2) is 29.3 Å². The van der Waals surface area contributed by atoms with Crippen molar-refractivity contribution in [3.05, 3.63) is 34.9 Å². The number of nitrogens with one attached hydrogen (secondary N) is 1. The first-order chi connectivity index (χ1) is 11.7. The van der Waals surface area contributed by atoms with E-state index in [1.165, 1.54) is 37.9 Å². The Morgan fingerprint density at radius 2 is 2.00 bits per heavy atom. The molecule has 1 heterocycles. The normalized spacial score (nSPS) is 21.1. The number of benzene rings is 1. The highest BCUT2D eigenvalue weighted by Crippen LogP contribution is 2.31. The minimum Gasteiger partial charge on any atom is -0.357 e. The largest absolute Gasteiger partial charge is 0.357 e. The van der Waals surface area contributed by atoms with Crippen LogP contribution in [-0.4, -0.2) is 55.0 Å². The number of rotatable bonds is 6. The van der Waals surface area contributed by atoms with Crippen molar-refractivity contribution in [2.45, 2.75) is 38.8 Å². The molecule has 2 aliphatic rings. The van der Waals surface area contributed by atoms with E-state index < -0.39 is 0 Å². The summed E-state index contributed by atoms with van der Waals surface area (Å²) in [5.74, 6) is 1.71. The average Bonchev–Trinajstić information content (AvgIpc) is 3.32. The van der Waals surface area contributed by atoms with Gasteiger partial charge in [0.25, 0.3) is 0 Å². The lowest BCUT2D eigenvalue weighted by Crippen LogP contribution is -2.39. The van der Waals surface area contributed by atoms with E-state index in [2.05, 4.69) is 41.2 Å². The lowest BCUT2D eigenvalue weighted by molar-refractivity contribution is 0.315. The molecule has 1 aromatic rings. The summed E-state index contributed by atoms with van der Waals surface area (Å²) in [6.45, 7) is 7.27. The minimum absolute atomic E-state index is 0. The van der Waals surface area contributed by atoms with Crippen LogP contribution in [0.3, 0.4) is 0 Å². The van der Waals surface area contributed by atoms with Crippen LogP contribution in [0.2, 0.25) is 5.02 Å². The third-order valence-corrected chi connectivity index (χ3v) is 5.16. The maximum Gasteiger partial charge on any atom is 0.193 e. The number of halogens is 2. The molecular weight excluding hydrogens is 447 g/mol. The van der Waals surface area contributed by atoms with Crippen molar-refractivity contribution in [3.8, 4) is 0 Å². The molecule has 1 N–H and O–H groups in total. The number of hydrogen-bond donors (Lipinski definition) is 1. The van der Waals surface area contributed by atoms with Gasteiger partial charge >= 0.3 is 0 Å². The predicted molar refractivity (Wildman–Crippen MR) is 117 cm³/mol. The van der Waals surface area contributed by atoms with Crippen molar-refractivity contribution in [1.82, 2.24) is 15.1 Å². The molecule has 3 rings (SSSR count). The fourth-order valence-corrected chi connectivity index (χ4v) is 3.53. The fraction of sp³-hybridized carbons (Fsp3) is 0.632. The van der Waals surface area contributed by atoms with Gasteiger partial charge in [0.1, 0.15) is 0 Å². The molecule has 0 aromatic heterocycles. The summed E-state index contributed by atoms with van der Waals surface area (Å²) in [5.41, 5.74) is 1.24. The summed E-state index contributed by atoms with van der Waals surface area (Å²) in [4.78, 5) is 9.75. The van der Waals surface area contributed by atoms with Gasteiger partial charge in [0.15, 0.2) is 5.96 Å². The highest BCUT2D eigenvalue weighted by Gasteiger charge is 2.34. The Bertz CT molecular complexity index is 559. The number of hydrogen-bond acceptors (Lipinski definition) is 2.